The average molecular weight is 218 g/mol. The summed E-state index contributed by atoms with van der Waals surface area (Å²) in [5, 5.41) is 3.92. The van der Waals surface area contributed by atoms with E-state index in [0.29, 0.717) is 17.7 Å². The molecule has 1 aromatic heterocycles. The van der Waals surface area contributed by atoms with Crippen molar-refractivity contribution in [3.8, 4) is 0 Å². The molecule has 2 rings (SSSR count). The second-order valence-corrected chi connectivity index (χ2v) is 3.83. The highest BCUT2D eigenvalue weighted by Crippen LogP contribution is 2.19. The van der Waals surface area contributed by atoms with E-state index in [1.165, 1.54) is 12.8 Å². The third-order valence-electron chi connectivity index (χ3n) is 1.87. The summed E-state index contributed by atoms with van der Waals surface area (Å²) in [6.45, 7) is 0.715. The van der Waals surface area contributed by atoms with E-state index < -0.39 is 0 Å². The van der Waals surface area contributed by atoms with E-state index in [2.05, 4.69) is 15.3 Å². The zero-order chi connectivity index (χ0) is 9.26. The van der Waals surface area contributed by atoms with Crippen molar-refractivity contribution in [2.45, 2.75) is 25.4 Å². The summed E-state index contributed by atoms with van der Waals surface area (Å²) in [4.78, 5) is 7.81. The number of rotatable bonds is 3. The maximum absolute atomic E-state index is 5.72. The number of aromatic nitrogens is 2. The Bertz CT molecular complexity index is 292. The molecule has 1 aliphatic carbocycles. The Morgan fingerprint density at radius 2 is 2.15 bits per heavy atom. The minimum atomic E-state index is 0.208. The number of halogens is 2. The van der Waals surface area contributed by atoms with Crippen molar-refractivity contribution in [1.82, 2.24) is 15.3 Å². The van der Waals surface area contributed by atoms with Gasteiger partial charge in [-0.3, -0.25) is 0 Å². The normalized spacial score (nSPS) is 16.2. The standard InChI is InChI=1S/C8H9Cl2N3/c9-7-3-6(12-8(10)13-7)4-11-5-1-2-5/h3,5,11H,1-2,4H2. The molecule has 1 N–H and O–H groups in total. The molecule has 1 heterocycles. The molecule has 0 bridgehead atoms. The maximum Gasteiger partial charge on any atom is 0.224 e. The van der Waals surface area contributed by atoms with E-state index in [0.717, 1.165) is 5.69 Å². The largest absolute Gasteiger partial charge is 0.308 e. The van der Waals surface area contributed by atoms with Gasteiger partial charge in [-0.2, -0.15) is 0 Å². The van der Waals surface area contributed by atoms with Gasteiger partial charge in [-0.15, -0.1) is 0 Å². The summed E-state index contributed by atoms with van der Waals surface area (Å²) in [6, 6.07) is 2.38. The predicted octanol–water partition coefficient (Wildman–Crippen LogP) is 2.04. The van der Waals surface area contributed by atoms with Crippen LogP contribution in [0.4, 0.5) is 0 Å². The Morgan fingerprint density at radius 1 is 1.38 bits per heavy atom. The smallest absolute Gasteiger partial charge is 0.224 e. The van der Waals surface area contributed by atoms with Crippen LogP contribution in [0.15, 0.2) is 6.07 Å². The summed E-state index contributed by atoms with van der Waals surface area (Å²) < 4.78 is 0. The second kappa shape index (κ2) is 3.78. The number of hydrogen-bond acceptors (Lipinski definition) is 3. The lowest BCUT2D eigenvalue weighted by atomic mass is 10.4. The Balaban J connectivity index is 2.01. The van der Waals surface area contributed by atoms with Crippen LogP contribution in [0.25, 0.3) is 0 Å². The van der Waals surface area contributed by atoms with Crippen molar-refractivity contribution < 1.29 is 0 Å². The fourth-order valence-electron chi connectivity index (χ4n) is 1.06. The highest BCUT2D eigenvalue weighted by atomic mass is 35.5. The number of hydrogen-bond donors (Lipinski definition) is 1. The fourth-order valence-corrected chi connectivity index (χ4v) is 1.51. The van der Waals surface area contributed by atoms with Crippen LogP contribution < -0.4 is 5.32 Å². The highest BCUT2D eigenvalue weighted by Gasteiger charge is 2.20. The van der Waals surface area contributed by atoms with Crippen molar-refractivity contribution in [2.75, 3.05) is 0 Å². The molecule has 70 valence electrons. The zero-order valence-corrected chi connectivity index (χ0v) is 8.44. The molecule has 0 aliphatic heterocycles. The van der Waals surface area contributed by atoms with Gasteiger partial charge in [-0.25, -0.2) is 9.97 Å². The first kappa shape index (κ1) is 9.19. The molecule has 13 heavy (non-hydrogen) atoms. The number of nitrogens with one attached hydrogen (secondary N) is 1. The monoisotopic (exact) mass is 217 g/mol. The van der Waals surface area contributed by atoms with Gasteiger partial charge in [0.05, 0.1) is 5.69 Å². The van der Waals surface area contributed by atoms with Gasteiger partial charge < -0.3 is 5.32 Å². The summed E-state index contributed by atoms with van der Waals surface area (Å²) in [5.74, 6) is 0. The summed E-state index contributed by atoms with van der Waals surface area (Å²) in [7, 11) is 0. The molecule has 0 spiro atoms. The quantitative estimate of drug-likeness (QED) is 0.623. The minimum absolute atomic E-state index is 0.208. The average Bonchev–Trinajstić information content (AvgIpc) is 2.81. The van der Waals surface area contributed by atoms with Crippen LogP contribution >= 0.6 is 23.2 Å². The van der Waals surface area contributed by atoms with Gasteiger partial charge in [-0.05, 0) is 30.5 Å². The lowest BCUT2D eigenvalue weighted by molar-refractivity contribution is 0.673. The first-order valence-corrected chi connectivity index (χ1v) is 4.92. The van der Waals surface area contributed by atoms with Crippen molar-refractivity contribution in [3.05, 3.63) is 22.2 Å². The van der Waals surface area contributed by atoms with Crippen LogP contribution in [0.5, 0.6) is 0 Å². The maximum atomic E-state index is 5.72. The molecule has 1 saturated carbocycles. The summed E-state index contributed by atoms with van der Waals surface area (Å²) >= 11 is 11.4. The topological polar surface area (TPSA) is 37.8 Å². The van der Waals surface area contributed by atoms with Crippen LogP contribution in [-0.2, 0) is 6.54 Å². The van der Waals surface area contributed by atoms with Gasteiger partial charge in [0.25, 0.3) is 0 Å². The Morgan fingerprint density at radius 3 is 2.77 bits per heavy atom. The third-order valence-corrected chi connectivity index (χ3v) is 2.23. The second-order valence-electron chi connectivity index (χ2n) is 3.11. The SMILES string of the molecule is Clc1cc(CNC2CC2)nc(Cl)n1. The van der Waals surface area contributed by atoms with Crippen molar-refractivity contribution in [2.24, 2.45) is 0 Å². The van der Waals surface area contributed by atoms with E-state index >= 15 is 0 Å². The highest BCUT2D eigenvalue weighted by molar-refractivity contribution is 6.31. The van der Waals surface area contributed by atoms with Crippen LogP contribution in [0, 0.1) is 0 Å². The molecule has 1 aliphatic rings. The van der Waals surface area contributed by atoms with E-state index in [4.69, 9.17) is 23.2 Å². The van der Waals surface area contributed by atoms with Gasteiger partial charge in [0.2, 0.25) is 5.28 Å². The van der Waals surface area contributed by atoms with Crippen LogP contribution in [0.2, 0.25) is 10.4 Å². The lowest BCUT2D eigenvalue weighted by Crippen LogP contribution is -2.16. The Kier molecular flexibility index (Phi) is 2.67. The Hall–Kier alpha value is -0.380. The molecule has 0 aromatic carbocycles. The van der Waals surface area contributed by atoms with E-state index in [9.17, 15) is 0 Å². The molecule has 0 saturated heterocycles. The first-order chi connectivity index (χ1) is 6.24. The van der Waals surface area contributed by atoms with Gasteiger partial charge in [0.1, 0.15) is 5.15 Å². The van der Waals surface area contributed by atoms with Gasteiger partial charge >= 0.3 is 0 Å². The van der Waals surface area contributed by atoms with Crippen molar-refractivity contribution in [3.63, 3.8) is 0 Å². The zero-order valence-electron chi connectivity index (χ0n) is 6.93. The molecule has 3 nitrogen and oxygen atoms in total. The van der Waals surface area contributed by atoms with E-state index in [-0.39, 0.29) is 5.28 Å². The first-order valence-electron chi connectivity index (χ1n) is 4.16. The van der Waals surface area contributed by atoms with Gasteiger partial charge in [0.15, 0.2) is 0 Å². The molecule has 5 heteroatoms. The summed E-state index contributed by atoms with van der Waals surface area (Å²) in [6.07, 6.45) is 2.51. The van der Waals surface area contributed by atoms with E-state index in [1.807, 2.05) is 0 Å². The van der Waals surface area contributed by atoms with Crippen LogP contribution in [-0.4, -0.2) is 16.0 Å². The van der Waals surface area contributed by atoms with Gasteiger partial charge in [0, 0.05) is 12.6 Å². The van der Waals surface area contributed by atoms with Crippen LogP contribution in [0.3, 0.4) is 0 Å². The van der Waals surface area contributed by atoms with Crippen molar-refractivity contribution >= 4 is 23.2 Å². The van der Waals surface area contributed by atoms with Crippen molar-refractivity contribution in [1.29, 1.82) is 0 Å². The molecule has 1 fully saturated rings. The minimum Gasteiger partial charge on any atom is -0.308 e. The lowest BCUT2D eigenvalue weighted by Gasteiger charge is -2.02. The van der Waals surface area contributed by atoms with E-state index in [1.54, 1.807) is 6.07 Å². The molecule has 0 radical (unpaired) electrons. The fraction of sp³-hybridized carbons (Fsp3) is 0.500. The molecule has 0 amide bonds. The number of nitrogens with zero attached hydrogens (tertiary/aromatic N) is 2. The third kappa shape index (κ3) is 2.79. The molecular weight excluding hydrogens is 209 g/mol. The van der Waals surface area contributed by atoms with Gasteiger partial charge in [-0.1, -0.05) is 11.6 Å². The molecular formula is C8H9Cl2N3. The van der Waals surface area contributed by atoms with Crippen LogP contribution in [0.1, 0.15) is 18.5 Å². The predicted molar refractivity (Wildman–Crippen MR) is 51.9 cm³/mol. The molecule has 0 atom stereocenters. The Labute approximate surface area is 86.5 Å². The summed E-state index contributed by atoms with van der Waals surface area (Å²) in [5.41, 5.74) is 0.844. The molecule has 0 unspecified atom stereocenters. The molecule has 1 aromatic rings.